The Morgan fingerprint density at radius 1 is 1.20 bits per heavy atom. The molecule has 2 rings (SSSR count). The molecule has 138 valence electrons. The molecule has 1 unspecified atom stereocenters. The summed E-state index contributed by atoms with van der Waals surface area (Å²) in [6.07, 6.45) is 1.02. The van der Waals surface area contributed by atoms with Crippen LogP contribution in [0.2, 0.25) is 0 Å². The fourth-order valence-corrected chi connectivity index (χ4v) is 4.32. The Balaban J connectivity index is 2.26. The van der Waals surface area contributed by atoms with Gasteiger partial charge in [0, 0.05) is 17.6 Å². The summed E-state index contributed by atoms with van der Waals surface area (Å²) in [5.41, 5.74) is -1.58. The van der Waals surface area contributed by atoms with Gasteiger partial charge in [-0.25, -0.2) is 17.9 Å². The maximum Gasteiger partial charge on any atom is 0.329 e. The number of rotatable bonds is 4. The predicted octanol–water partition coefficient (Wildman–Crippen LogP) is 1.84. The largest absolute Gasteiger partial charge is 0.480 e. The number of sulfonamides is 1. The molecule has 0 aromatic heterocycles. The molecule has 2 N–H and O–H groups in total. The van der Waals surface area contributed by atoms with Gasteiger partial charge in [0.2, 0.25) is 10.0 Å². The van der Waals surface area contributed by atoms with E-state index in [1.165, 1.54) is 36.1 Å². The van der Waals surface area contributed by atoms with Gasteiger partial charge in [-0.1, -0.05) is 0 Å². The lowest BCUT2D eigenvalue weighted by Gasteiger charge is -2.31. The molecule has 1 heterocycles. The number of amides is 1. The maximum absolute atomic E-state index is 12.7. The minimum atomic E-state index is -3.68. The van der Waals surface area contributed by atoms with Crippen molar-refractivity contribution >= 4 is 21.9 Å². The Bertz CT molecular complexity index is 780. The average molecular weight is 368 g/mol. The normalized spacial score (nSPS) is 21.4. The Hall–Kier alpha value is -1.93. The van der Waals surface area contributed by atoms with E-state index in [-0.39, 0.29) is 10.5 Å². The molecular formula is C17H24N2O5S. The smallest absolute Gasteiger partial charge is 0.329 e. The van der Waals surface area contributed by atoms with Gasteiger partial charge in [-0.3, -0.25) is 4.79 Å². The lowest BCUT2D eigenvalue weighted by Crippen LogP contribution is -2.50. The van der Waals surface area contributed by atoms with Crippen molar-refractivity contribution in [1.82, 2.24) is 9.62 Å². The van der Waals surface area contributed by atoms with E-state index in [2.05, 4.69) is 4.72 Å². The number of hydrogen-bond donors (Lipinski definition) is 2. The molecule has 7 nitrogen and oxygen atoms in total. The average Bonchev–Trinajstić information content (AvgIpc) is 2.87. The van der Waals surface area contributed by atoms with Crippen molar-refractivity contribution in [3.63, 3.8) is 0 Å². The summed E-state index contributed by atoms with van der Waals surface area (Å²) < 4.78 is 27.1. The highest BCUT2D eigenvalue weighted by Gasteiger charge is 2.46. The quantitative estimate of drug-likeness (QED) is 0.844. The first-order chi connectivity index (χ1) is 11.4. The van der Waals surface area contributed by atoms with E-state index in [4.69, 9.17) is 0 Å². The van der Waals surface area contributed by atoms with Crippen molar-refractivity contribution in [1.29, 1.82) is 0 Å². The summed E-state index contributed by atoms with van der Waals surface area (Å²) in [6, 6.07) is 5.55. The highest BCUT2D eigenvalue weighted by atomic mass is 32.2. The van der Waals surface area contributed by atoms with Gasteiger partial charge in [0.05, 0.1) is 4.90 Å². The van der Waals surface area contributed by atoms with Crippen molar-refractivity contribution in [2.45, 2.75) is 56.5 Å². The number of carboxylic acids is 1. The van der Waals surface area contributed by atoms with Crippen LogP contribution >= 0.6 is 0 Å². The fraction of sp³-hybridized carbons (Fsp3) is 0.529. The lowest BCUT2D eigenvalue weighted by molar-refractivity contribution is -0.147. The van der Waals surface area contributed by atoms with Crippen molar-refractivity contribution in [3.8, 4) is 0 Å². The monoisotopic (exact) mass is 368 g/mol. The van der Waals surface area contributed by atoms with Crippen LogP contribution in [0.5, 0.6) is 0 Å². The molecular weight excluding hydrogens is 344 g/mol. The van der Waals surface area contributed by atoms with E-state index in [1.54, 1.807) is 20.8 Å². The molecule has 0 spiro atoms. The van der Waals surface area contributed by atoms with E-state index in [0.717, 1.165) is 0 Å². The zero-order valence-corrected chi connectivity index (χ0v) is 15.7. The zero-order chi connectivity index (χ0) is 19.0. The van der Waals surface area contributed by atoms with Gasteiger partial charge in [0.1, 0.15) is 5.54 Å². The maximum atomic E-state index is 12.7. The molecule has 1 amide bonds. The molecule has 0 saturated carbocycles. The molecule has 1 aliphatic rings. The summed E-state index contributed by atoms with van der Waals surface area (Å²) in [5.74, 6) is -1.44. The van der Waals surface area contributed by atoms with Gasteiger partial charge < -0.3 is 10.0 Å². The van der Waals surface area contributed by atoms with Crippen molar-refractivity contribution < 1.29 is 23.1 Å². The zero-order valence-electron chi connectivity index (χ0n) is 14.9. The molecule has 1 aliphatic heterocycles. The number of carbonyl (C=O) groups is 2. The SMILES string of the molecule is CC(C)(C)NS(=O)(=O)c1ccc(C(=O)N2CCCC2(C)C(=O)O)cc1. The second kappa shape index (κ2) is 6.42. The van der Waals surface area contributed by atoms with Crippen molar-refractivity contribution in [2.75, 3.05) is 6.54 Å². The number of benzene rings is 1. The number of carboxylic acid groups (broad SMARTS) is 1. The second-order valence-corrected chi connectivity index (χ2v) is 9.20. The van der Waals surface area contributed by atoms with Crippen molar-refractivity contribution in [2.24, 2.45) is 0 Å². The van der Waals surface area contributed by atoms with E-state index >= 15 is 0 Å². The van der Waals surface area contributed by atoms with Gasteiger partial charge in [-0.05, 0) is 64.8 Å². The number of nitrogens with zero attached hydrogens (tertiary/aromatic N) is 1. The van der Waals surface area contributed by atoms with Gasteiger partial charge in [-0.15, -0.1) is 0 Å². The number of aliphatic carboxylic acids is 1. The number of hydrogen-bond acceptors (Lipinski definition) is 4. The van der Waals surface area contributed by atoms with Gasteiger partial charge in [0.15, 0.2) is 0 Å². The van der Waals surface area contributed by atoms with Crippen LogP contribution in [0.3, 0.4) is 0 Å². The van der Waals surface area contributed by atoms with Crippen LogP contribution in [-0.2, 0) is 14.8 Å². The van der Waals surface area contributed by atoms with Gasteiger partial charge in [-0.2, -0.15) is 0 Å². The lowest BCUT2D eigenvalue weighted by atomic mass is 9.98. The van der Waals surface area contributed by atoms with Crippen LogP contribution in [0, 0.1) is 0 Å². The van der Waals surface area contributed by atoms with Crippen LogP contribution in [0.25, 0.3) is 0 Å². The Morgan fingerprint density at radius 3 is 2.24 bits per heavy atom. The number of carbonyl (C=O) groups excluding carboxylic acids is 1. The van der Waals surface area contributed by atoms with Crippen LogP contribution in [0.15, 0.2) is 29.2 Å². The first-order valence-electron chi connectivity index (χ1n) is 8.06. The molecule has 1 fully saturated rings. The third kappa shape index (κ3) is 4.01. The standard InChI is InChI=1S/C17H24N2O5S/c1-16(2,3)18-25(23,24)13-8-6-12(7-9-13)14(20)19-11-5-10-17(19,4)15(21)22/h6-9,18H,5,10-11H2,1-4H3,(H,21,22). The van der Waals surface area contributed by atoms with Crippen molar-refractivity contribution in [3.05, 3.63) is 29.8 Å². The summed E-state index contributed by atoms with van der Waals surface area (Å²) in [7, 11) is -3.68. The molecule has 1 atom stereocenters. The summed E-state index contributed by atoms with van der Waals surface area (Å²) >= 11 is 0. The van der Waals surface area contributed by atoms with E-state index in [0.29, 0.717) is 19.4 Å². The Morgan fingerprint density at radius 2 is 1.76 bits per heavy atom. The highest BCUT2D eigenvalue weighted by Crippen LogP contribution is 2.31. The van der Waals surface area contributed by atoms with Crippen LogP contribution in [0.4, 0.5) is 0 Å². The topological polar surface area (TPSA) is 104 Å². The highest BCUT2D eigenvalue weighted by molar-refractivity contribution is 7.89. The molecule has 1 saturated heterocycles. The second-order valence-electron chi connectivity index (χ2n) is 7.52. The van der Waals surface area contributed by atoms with E-state index in [1.807, 2.05) is 0 Å². The first kappa shape index (κ1) is 19.4. The number of nitrogens with one attached hydrogen (secondary N) is 1. The Labute approximate surface area is 148 Å². The third-order valence-electron chi connectivity index (χ3n) is 4.20. The van der Waals surface area contributed by atoms with Crippen LogP contribution in [0.1, 0.15) is 50.9 Å². The summed E-state index contributed by atoms with van der Waals surface area (Å²) in [5, 5.41) is 9.42. The van der Waals surface area contributed by atoms with Crippen LogP contribution < -0.4 is 4.72 Å². The molecule has 25 heavy (non-hydrogen) atoms. The molecule has 1 aromatic carbocycles. The van der Waals surface area contributed by atoms with Gasteiger partial charge in [0.25, 0.3) is 5.91 Å². The van der Waals surface area contributed by atoms with Gasteiger partial charge >= 0.3 is 5.97 Å². The molecule has 0 radical (unpaired) electrons. The minimum Gasteiger partial charge on any atom is -0.480 e. The summed E-state index contributed by atoms with van der Waals surface area (Å²) in [6.45, 7) is 7.12. The molecule has 0 bridgehead atoms. The predicted molar refractivity (Wildman–Crippen MR) is 92.8 cm³/mol. The van der Waals surface area contributed by atoms with Crippen LogP contribution in [-0.4, -0.2) is 47.9 Å². The Kier molecular flexibility index (Phi) is 4.98. The van der Waals surface area contributed by atoms with E-state index in [9.17, 15) is 23.1 Å². The molecule has 8 heteroatoms. The molecule has 0 aliphatic carbocycles. The fourth-order valence-electron chi connectivity index (χ4n) is 2.91. The minimum absolute atomic E-state index is 0.0568. The molecule has 1 aromatic rings. The van der Waals surface area contributed by atoms with E-state index < -0.39 is 33.0 Å². The third-order valence-corrected chi connectivity index (χ3v) is 5.97. The first-order valence-corrected chi connectivity index (χ1v) is 9.54. The number of likely N-dealkylation sites (tertiary alicyclic amines) is 1. The summed E-state index contributed by atoms with van der Waals surface area (Å²) in [4.78, 5) is 25.6.